The van der Waals surface area contributed by atoms with Crippen LogP contribution in [0.5, 0.6) is 0 Å². The number of halogens is 2. The standard InChI is InChI=1S/C11H12Br2N4/c1-2-17-10(6-14)15-16-11(17)7-3-8(12)5-9(13)4-7/h3-5H,2,6,14H2,1H3. The van der Waals surface area contributed by atoms with Crippen molar-refractivity contribution in [3.8, 4) is 11.4 Å². The first-order valence-corrected chi connectivity index (χ1v) is 6.83. The summed E-state index contributed by atoms with van der Waals surface area (Å²) in [6.45, 7) is 3.26. The number of rotatable bonds is 3. The Hall–Kier alpha value is -0.720. The second-order valence-electron chi connectivity index (χ2n) is 3.55. The Labute approximate surface area is 116 Å². The average molecular weight is 360 g/mol. The zero-order valence-corrected chi connectivity index (χ0v) is 12.5. The quantitative estimate of drug-likeness (QED) is 0.916. The molecule has 0 amide bonds. The minimum atomic E-state index is 0.399. The molecule has 0 unspecified atom stereocenters. The smallest absolute Gasteiger partial charge is 0.164 e. The molecule has 2 rings (SSSR count). The lowest BCUT2D eigenvalue weighted by Crippen LogP contribution is -2.08. The summed E-state index contributed by atoms with van der Waals surface area (Å²) in [5.41, 5.74) is 6.65. The van der Waals surface area contributed by atoms with Gasteiger partial charge >= 0.3 is 0 Å². The predicted octanol–water partition coefficient (Wildman–Crippen LogP) is 2.95. The fourth-order valence-electron chi connectivity index (χ4n) is 1.72. The normalized spacial score (nSPS) is 10.8. The number of nitrogens with two attached hydrogens (primary N) is 1. The van der Waals surface area contributed by atoms with E-state index in [4.69, 9.17) is 5.73 Å². The second-order valence-corrected chi connectivity index (χ2v) is 5.38. The molecule has 1 aromatic carbocycles. The van der Waals surface area contributed by atoms with Crippen molar-refractivity contribution < 1.29 is 0 Å². The molecule has 0 aliphatic rings. The lowest BCUT2D eigenvalue weighted by Gasteiger charge is -2.07. The summed E-state index contributed by atoms with van der Waals surface area (Å²) >= 11 is 6.94. The molecule has 0 aliphatic heterocycles. The van der Waals surface area contributed by atoms with E-state index in [1.54, 1.807) is 0 Å². The molecule has 0 saturated heterocycles. The van der Waals surface area contributed by atoms with E-state index in [1.807, 2.05) is 22.8 Å². The summed E-state index contributed by atoms with van der Waals surface area (Å²) in [7, 11) is 0. The van der Waals surface area contributed by atoms with Gasteiger partial charge in [0.1, 0.15) is 5.82 Å². The van der Waals surface area contributed by atoms with Crippen LogP contribution in [0.4, 0.5) is 0 Å². The molecule has 0 aliphatic carbocycles. The lowest BCUT2D eigenvalue weighted by molar-refractivity contribution is 0.704. The van der Waals surface area contributed by atoms with Crippen LogP contribution in [0.1, 0.15) is 12.7 Å². The lowest BCUT2D eigenvalue weighted by atomic mass is 10.2. The van der Waals surface area contributed by atoms with Crippen LogP contribution in [0.3, 0.4) is 0 Å². The Morgan fingerprint density at radius 2 is 1.82 bits per heavy atom. The van der Waals surface area contributed by atoms with Crippen molar-refractivity contribution in [1.82, 2.24) is 14.8 Å². The van der Waals surface area contributed by atoms with E-state index in [0.717, 1.165) is 32.7 Å². The summed E-state index contributed by atoms with van der Waals surface area (Å²) in [5.74, 6) is 1.65. The maximum Gasteiger partial charge on any atom is 0.164 e. The number of hydrogen-bond acceptors (Lipinski definition) is 3. The van der Waals surface area contributed by atoms with Crippen molar-refractivity contribution in [2.45, 2.75) is 20.0 Å². The molecule has 0 atom stereocenters. The number of aromatic nitrogens is 3. The fourth-order valence-corrected chi connectivity index (χ4v) is 3.01. The average Bonchev–Trinajstić information content (AvgIpc) is 2.70. The third kappa shape index (κ3) is 2.59. The Morgan fingerprint density at radius 3 is 2.35 bits per heavy atom. The summed E-state index contributed by atoms with van der Waals surface area (Å²) in [6.07, 6.45) is 0. The third-order valence-electron chi connectivity index (χ3n) is 2.45. The van der Waals surface area contributed by atoms with Crippen LogP contribution >= 0.6 is 31.9 Å². The Kier molecular flexibility index (Phi) is 3.96. The first-order chi connectivity index (χ1) is 8.15. The van der Waals surface area contributed by atoms with Gasteiger partial charge in [-0.3, -0.25) is 0 Å². The highest BCUT2D eigenvalue weighted by Gasteiger charge is 2.12. The van der Waals surface area contributed by atoms with Gasteiger partial charge in [0.15, 0.2) is 5.82 Å². The van der Waals surface area contributed by atoms with Gasteiger partial charge in [0, 0.05) is 21.1 Å². The van der Waals surface area contributed by atoms with Crippen LogP contribution in [0.15, 0.2) is 27.1 Å². The largest absolute Gasteiger partial charge is 0.324 e. The van der Waals surface area contributed by atoms with E-state index in [0.29, 0.717) is 6.54 Å². The highest BCUT2D eigenvalue weighted by Crippen LogP contribution is 2.27. The molecule has 0 fully saturated rings. The van der Waals surface area contributed by atoms with Crippen molar-refractivity contribution in [2.24, 2.45) is 5.73 Å². The molecule has 1 aromatic heterocycles. The minimum Gasteiger partial charge on any atom is -0.324 e. The van der Waals surface area contributed by atoms with E-state index in [9.17, 15) is 0 Å². The summed E-state index contributed by atoms with van der Waals surface area (Å²) in [5, 5.41) is 8.30. The van der Waals surface area contributed by atoms with Crippen LogP contribution in [-0.2, 0) is 13.1 Å². The molecule has 2 N–H and O–H groups in total. The van der Waals surface area contributed by atoms with Gasteiger partial charge in [0.2, 0.25) is 0 Å². The topological polar surface area (TPSA) is 56.7 Å². The molecule has 1 heterocycles. The van der Waals surface area contributed by atoms with Gasteiger partial charge in [-0.05, 0) is 25.1 Å². The molecule has 2 aromatic rings. The molecule has 4 nitrogen and oxygen atoms in total. The zero-order valence-electron chi connectivity index (χ0n) is 9.32. The predicted molar refractivity (Wildman–Crippen MR) is 74.4 cm³/mol. The minimum absolute atomic E-state index is 0.399. The molecule has 90 valence electrons. The first kappa shape index (κ1) is 12.7. The zero-order chi connectivity index (χ0) is 12.4. The summed E-state index contributed by atoms with van der Waals surface area (Å²) < 4.78 is 4.03. The molecular formula is C11H12Br2N4. The number of hydrogen-bond donors (Lipinski definition) is 1. The Bertz CT molecular complexity index is 516. The van der Waals surface area contributed by atoms with Crippen LogP contribution < -0.4 is 5.73 Å². The summed E-state index contributed by atoms with van der Waals surface area (Å²) in [6, 6.07) is 6.02. The van der Waals surface area contributed by atoms with Crippen molar-refractivity contribution in [2.75, 3.05) is 0 Å². The second kappa shape index (κ2) is 5.29. The van der Waals surface area contributed by atoms with E-state index in [-0.39, 0.29) is 0 Å². The van der Waals surface area contributed by atoms with Crippen LogP contribution in [-0.4, -0.2) is 14.8 Å². The highest BCUT2D eigenvalue weighted by molar-refractivity contribution is 9.11. The van der Waals surface area contributed by atoms with Gasteiger partial charge in [0.25, 0.3) is 0 Å². The van der Waals surface area contributed by atoms with E-state index in [2.05, 4.69) is 49.0 Å². The Balaban J connectivity index is 2.55. The fraction of sp³-hybridized carbons (Fsp3) is 0.273. The molecule has 0 spiro atoms. The molecule has 17 heavy (non-hydrogen) atoms. The van der Waals surface area contributed by atoms with Crippen molar-refractivity contribution in [3.05, 3.63) is 33.0 Å². The molecule has 0 saturated carbocycles. The van der Waals surface area contributed by atoms with E-state index >= 15 is 0 Å². The summed E-state index contributed by atoms with van der Waals surface area (Å²) in [4.78, 5) is 0. The van der Waals surface area contributed by atoms with Gasteiger partial charge < -0.3 is 10.3 Å². The first-order valence-electron chi connectivity index (χ1n) is 5.24. The highest BCUT2D eigenvalue weighted by atomic mass is 79.9. The SMILES string of the molecule is CCn1c(CN)nnc1-c1cc(Br)cc(Br)c1. The van der Waals surface area contributed by atoms with Gasteiger partial charge in [-0.15, -0.1) is 10.2 Å². The number of benzene rings is 1. The van der Waals surface area contributed by atoms with Crippen molar-refractivity contribution in [1.29, 1.82) is 0 Å². The molecule has 0 radical (unpaired) electrons. The van der Waals surface area contributed by atoms with Crippen LogP contribution in [0.25, 0.3) is 11.4 Å². The number of nitrogens with zero attached hydrogens (tertiary/aromatic N) is 3. The monoisotopic (exact) mass is 358 g/mol. The molecule has 0 bridgehead atoms. The third-order valence-corrected chi connectivity index (χ3v) is 3.36. The van der Waals surface area contributed by atoms with Crippen molar-refractivity contribution >= 4 is 31.9 Å². The van der Waals surface area contributed by atoms with E-state index in [1.165, 1.54) is 0 Å². The van der Waals surface area contributed by atoms with Gasteiger partial charge in [0.05, 0.1) is 6.54 Å². The van der Waals surface area contributed by atoms with Gasteiger partial charge in [-0.2, -0.15) is 0 Å². The molecule has 6 heteroatoms. The van der Waals surface area contributed by atoms with Crippen LogP contribution in [0.2, 0.25) is 0 Å². The maximum atomic E-state index is 5.64. The van der Waals surface area contributed by atoms with Gasteiger partial charge in [-0.25, -0.2) is 0 Å². The molecular weight excluding hydrogens is 348 g/mol. The maximum absolute atomic E-state index is 5.64. The van der Waals surface area contributed by atoms with Crippen LogP contribution in [0, 0.1) is 0 Å². The van der Waals surface area contributed by atoms with E-state index < -0.39 is 0 Å². The van der Waals surface area contributed by atoms with Gasteiger partial charge in [-0.1, -0.05) is 31.9 Å². The Morgan fingerprint density at radius 1 is 1.18 bits per heavy atom. The van der Waals surface area contributed by atoms with Crippen molar-refractivity contribution in [3.63, 3.8) is 0 Å².